The van der Waals surface area contributed by atoms with Crippen LogP contribution in [0.3, 0.4) is 0 Å². The average Bonchev–Trinajstić information content (AvgIpc) is 2.48. The van der Waals surface area contributed by atoms with Crippen molar-refractivity contribution in [3.63, 3.8) is 0 Å². The van der Waals surface area contributed by atoms with Crippen LogP contribution in [0.5, 0.6) is 0 Å². The molecule has 2 aromatic carbocycles. The molecule has 0 radical (unpaired) electrons. The SMILES string of the molecule is CCc1cc2cccc(F)c2c(=O)n1-c1ccccc1F. The lowest BCUT2D eigenvalue weighted by molar-refractivity contribution is 0.612. The quantitative estimate of drug-likeness (QED) is 0.701. The zero-order valence-electron chi connectivity index (χ0n) is 11.4. The fraction of sp³-hybridized carbons (Fsp3) is 0.118. The van der Waals surface area contributed by atoms with Gasteiger partial charge in [-0.05, 0) is 36.1 Å². The highest BCUT2D eigenvalue weighted by atomic mass is 19.1. The maximum absolute atomic E-state index is 14.0. The van der Waals surface area contributed by atoms with Gasteiger partial charge in [-0.3, -0.25) is 9.36 Å². The first kappa shape index (κ1) is 13.5. The van der Waals surface area contributed by atoms with Crippen molar-refractivity contribution in [1.82, 2.24) is 4.57 Å². The number of nitrogens with zero attached hydrogens (tertiary/aromatic N) is 1. The van der Waals surface area contributed by atoms with E-state index in [0.29, 0.717) is 17.5 Å². The van der Waals surface area contributed by atoms with Gasteiger partial charge in [0.1, 0.15) is 11.6 Å². The predicted molar refractivity (Wildman–Crippen MR) is 78.8 cm³/mol. The molecule has 0 aliphatic carbocycles. The number of para-hydroxylation sites is 1. The van der Waals surface area contributed by atoms with E-state index >= 15 is 0 Å². The largest absolute Gasteiger partial charge is 0.278 e. The van der Waals surface area contributed by atoms with E-state index in [2.05, 4.69) is 0 Å². The Morgan fingerprint density at radius 3 is 2.43 bits per heavy atom. The summed E-state index contributed by atoms with van der Waals surface area (Å²) in [4.78, 5) is 12.6. The molecule has 0 spiro atoms. The molecule has 4 heteroatoms. The predicted octanol–water partition coefficient (Wildman–Crippen LogP) is 3.83. The summed E-state index contributed by atoms with van der Waals surface area (Å²) in [6, 6.07) is 12.2. The van der Waals surface area contributed by atoms with Crippen molar-refractivity contribution < 1.29 is 8.78 Å². The van der Waals surface area contributed by atoms with Crippen molar-refractivity contribution in [1.29, 1.82) is 0 Å². The molecule has 1 aromatic heterocycles. The molecule has 0 amide bonds. The smallest absolute Gasteiger partial charge is 0.266 e. The van der Waals surface area contributed by atoms with E-state index in [1.54, 1.807) is 30.3 Å². The third kappa shape index (κ3) is 2.13. The Morgan fingerprint density at radius 2 is 1.71 bits per heavy atom. The molecule has 0 saturated carbocycles. The summed E-state index contributed by atoms with van der Waals surface area (Å²) < 4.78 is 29.2. The first-order valence-corrected chi connectivity index (χ1v) is 6.71. The minimum Gasteiger partial charge on any atom is -0.278 e. The Bertz CT molecular complexity index is 884. The number of fused-ring (bicyclic) bond motifs is 1. The van der Waals surface area contributed by atoms with E-state index in [0.717, 1.165) is 0 Å². The normalized spacial score (nSPS) is 11.0. The van der Waals surface area contributed by atoms with E-state index in [-0.39, 0.29) is 11.1 Å². The number of hydrogen-bond acceptors (Lipinski definition) is 1. The second kappa shape index (κ2) is 5.13. The number of rotatable bonds is 2. The maximum atomic E-state index is 14.0. The number of halogens is 2. The monoisotopic (exact) mass is 285 g/mol. The summed E-state index contributed by atoms with van der Waals surface area (Å²) in [5.74, 6) is -1.10. The molecular weight excluding hydrogens is 272 g/mol. The Labute approximate surface area is 120 Å². The van der Waals surface area contributed by atoms with Crippen LogP contribution >= 0.6 is 0 Å². The molecule has 21 heavy (non-hydrogen) atoms. The molecule has 0 saturated heterocycles. The third-order valence-electron chi connectivity index (χ3n) is 3.53. The third-order valence-corrected chi connectivity index (χ3v) is 3.53. The molecule has 106 valence electrons. The second-order valence-electron chi connectivity index (χ2n) is 4.79. The van der Waals surface area contributed by atoms with E-state index in [1.165, 1.54) is 22.8 Å². The lowest BCUT2D eigenvalue weighted by Gasteiger charge is -2.14. The molecule has 0 aliphatic rings. The number of benzene rings is 2. The van der Waals surface area contributed by atoms with Crippen LogP contribution in [0.25, 0.3) is 16.5 Å². The van der Waals surface area contributed by atoms with Gasteiger partial charge in [-0.2, -0.15) is 0 Å². The lowest BCUT2D eigenvalue weighted by atomic mass is 10.1. The van der Waals surface area contributed by atoms with Gasteiger partial charge < -0.3 is 0 Å². The van der Waals surface area contributed by atoms with Crippen molar-refractivity contribution in [2.45, 2.75) is 13.3 Å². The first-order valence-electron chi connectivity index (χ1n) is 6.71. The zero-order valence-corrected chi connectivity index (χ0v) is 11.4. The van der Waals surface area contributed by atoms with E-state index in [1.807, 2.05) is 6.92 Å². The summed E-state index contributed by atoms with van der Waals surface area (Å²) in [5.41, 5.74) is 0.250. The fourth-order valence-corrected chi connectivity index (χ4v) is 2.53. The topological polar surface area (TPSA) is 22.0 Å². The number of hydrogen-bond donors (Lipinski definition) is 0. The molecule has 0 fully saturated rings. The number of pyridine rings is 1. The highest BCUT2D eigenvalue weighted by Gasteiger charge is 2.15. The van der Waals surface area contributed by atoms with Gasteiger partial charge in [0.15, 0.2) is 0 Å². The Balaban J connectivity index is 2.48. The van der Waals surface area contributed by atoms with Gasteiger partial charge in [-0.1, -0.05) is 31.2 Å². The summed E-state index contributed by atoms with van der Waals surface area (Å²) in [7, 11) is 0. The standard InChI is InChI=1S/C17H13F2NO/c1-2-12-10-11-6-5-8-14(19)16(11)17(21)20(12)15-9-4-3-7-13(15)18/h3-10H,2H2,1H3. The van der Waals surface area contributed by atoms with Gasteiger partial charge in [0, 0.05) is 5.69 Å². The molecule has 0 bridgehead atoms. The minimum atomic E-state index is -0.592. The van der Waals surface area contributed by atoms with Crippen molar-refractivity contribution in [2.75, 3.05) is 0 Å². The summed E-state index contributed by atoms with van der Waals surface area (Å²) in [6.45, 7) is 1.87. The Morgan fingerprint density at radius 1 is 1.00 bits per heavy atom. The first-order chi connectivity index (χ1) is 10.1. The molecule has 0 atom stereocenters. The van der Waals surface area contributed by atoms with Crippen molar-refractivity contribution in [3.8, 4) is 5.69 Å². The van der Waals surface area contributed by atoms with Gasteiger partial charge in [0.2, 0.25) is 0 Å². The molecule has 3 aromatic rings. The van der Waals surface area contributed by atoms with E-state index in [9.17, 15) is 13.6 Å². The summed E-state index contributed by atoms with van der Waals surface area (Å²) in [5, 5.41) is 0.516. The highest BCUT2D eigenvalue weighted by molar-refractivity contribution is 5.83. The average molecular weight is 285 g/mol. The van der Waals surface area contributed by atoms with Crippen molar-refractivity contribution in [2.24, 2.45) is 0 Å². The second-order valence-corrected chi connectivity index (χ2v) is 4.79. The summed E-state index contributed by atoms with van der Waals surface area (Å²) in [6.07, 6.45) is 0.538. The van der Waals surface area contributed by atoms with Crippen LogP contribution in [0.15, 0.2) is 53.3 Å². The van der Waals surface area contributed by atoms with Gasteiger partial charge in [0.25, 0.3) is 5.56 Å². The minimum absolute atomic E-state index is 0.0158. The molecular formula is C17H13F2NO. The van der Waals surface area contributed by atoms with Gasteiger partial charge in [0.05, 0.1) is 11.1 Å². The van der Waals surface area contributed by atoms with Crippen molar-refractivity contribution in [3.05, 3.63) is 76.2 Å². The van der Waals surface area contributed by atoms with Crippen molar-refractivity contribution >= 4 is 10.8 Å². The van der Waals surface area contributed by atoms with E-state index in [4.69, 9.17) is 0 Å². The van der Waals surface area contributed by atoms with Crippen LogP contribution < -0.4 is 5.56 Å². The van der Waals surface area contributed by atoms with Crippen LogP contribution in [0.4, 0.5) is 8.78 Å². The zero-order chi connectivity index (χ0) is 15.0. The van der Waals surface area contributed by atoms with Crippen LogP contribution in [0.1, 0.15) is 12.6 Å². The highest BCUT2D eigenvalue weighted by Crippen LogP contribution is 2.20. The van der Waals surface area contributed by atoms with Gasteiger partial charge >= 0.3 is 0 Å². The maximum Gasteiger partial charge on any atom is 0.266 e. The van der Waals surface area contributed by atoms with Gasteiger partial charge in [-0.25, -0.2) is 8.78 Å². The Kier molecular flexibility index (Phi) is 3.29. The van der Waals surface area contributed by atoms with Crippen LogP contribution in [-0.4, -0.2) is 4.57 Å². The fourth-order valence-electron chi connectivity index (χ4n) is 2.53. The lowest BCUT2D eigenvalue weighted by Crippen LogP contribution is -2.23. The number of aryl methyl sites for hydroxylation is 1. The molecule has 0 aliphatic heterocycles. The van der Waals surface area contributed by atoms with E-state index < -0.39 is 17.2 Å². The van der Waals surface area contributed by atoms with Gasteiger partial charge in [-0.15, -0.1) is 0 Å². The molecule has 1 heterocycles. The number of aromatic nitrogens is 1. The molecule has 3 rings (SSSR count). The van der Waals surface area contributed by atoms with Crippen LogP contribution in [0.2, 0.25) is 0 Å². The summed E-state index contributed by atoms with van der Waals surface area (Å²) >= 11 is 0. The van der Waals surface area contributed by atoms with Crippen LogP contribution in [-0.2, 0) is 6.42 Å². The molecule has 0 N–H and O–H groups in total. The van der Waals surface area contributed by atoms with Crippen LogP contribution in [0, 0.1) is 11.6 Å². The Hall–Kier alpha value is -2.49. The molecule has 0 unspecified atom stereocenters. The molecule has 2 nitrogen and oxygen atoms in total.